The molecule has 1 amide bonds. The zero-order valence-corrected chi connectivity index (χ0v) is 15.3. The zero-order valence-electron chi connectivity index (χ0n) is 15.3. The van der Waals surface area contributed by atoms with Gasteiger partial charge in [0, 0.05) is 18.7 Å². The summed E-state index contributed by atoms with van der Waals surface area (Å²) in [5, 5.41) is 0. The van der Waals surface area contributed by atoms with E-state index in [0.717, 1.165) is 11.3 Å². The lowest BCUT2D eigenvalue weighted by Gasteiger charge is -2.16. The molecule has 0 saturated carbocycles. The molecule has 3 rings (SSSR count). The zero-order chi connectivity index (χ0) is 18.7. The Morgan fingerprint density at radius 1 is 1.27 bits per heavy atom. The average Bonchev–Trinajstić information content (AvgIpc) is 3.28. The van der Waals surface area contributed by atoms with Crippen molar-refractivity contribution >= 4 is 11.9 Å². The third kappa shape index (κ3) is 3.59. The molecular formula is C20H23NO5. The summed E-state index contributed by atoms with van der Waals surface area (Å²) in [5.41, 5.74) is 1.32. The Bertz CT molecular complexity index is 793. The highest BCUT2D eigenvalue weighted by molar-refractivity contribution is 6.00. The van der Waals surface area contributed by atoms with Gasteiger partial charge < -0.3 is 18.8 Å². The molecule has 6 heteroatoms. The number of ether oxygens (including phenoxy) is 2. The molecular weight excluding hydrogens is 334 g/mol. The molecule has 1 atom stereocenters. The normalized spacial score (nSPS) is 16.6. The van der Waals surface area contributed by atoms with Crippen LogP contribution in [0.15, 0.2) is 34.7 Å². The first-order valence-corrected chi connectivity index (χ1v) is 8.74. The summed E-state index contributed by atoms with van der Waals surface area (Å²) < 4.78 is 16.0. The molecule has 0 N–H and O–H groups in total. The number of furan rings is 1. The highest BCUT2D eigenvalue weighted by Crippen LogP contribution is 2.31. The predicted octanol–water partition coefficient (Wildman–Crippen LogP) is 3.29. The third-order valence-corrected chi connectivity index (χ3v) is 4.53. The molecule has 0 bridgehead atoms. The maximum Gasteiger partial charge on any atom is 0.310 e. The number of nitrogens with zero attached hydrogens (tertiary/aromatic N) is 1. The lowest BCUT2D eigenvalue weighted by molar-refractivity contribution is -0.147. The first-order chi connectivity index (χ1) is 12.5. The van der Waals surface area contributed by atoms with Crippen molar-refractivity contribution in [2.24, 2.45) is 5.92 Å². The van der Waals surface area contributed by atoms with Crippen molar-refractivity contribution in [1.29, 1.82) is 0 Å². The fraction of sp³-hybridized carbons (Fsp3) is 0.400. The van der Waals surface area contributed by atoms with E-state index in [1.54, 1.807) is 25.0 Å². The fourth-order valence-corrected chi connectivity index (χ4v) is 3.20. The van der Waals surface area contributed by atoms with Crippen LogP contribution in [0.4, 0.5) is 0 Å². The summed E-state index contributed by atoms with van der Waals surface area (Å²) in [6.45, 7) is 4.87. The summed E-state index contributed by atoms with van der Waals surface area (Å²) in [6, 6.07) is 9.13. The predicted molar refractivity (Wildman–Crippen MR) is 96.1 cm³/mol. The molecule has 1 unspecified atom stereocenters. The van der Waals surface area contributed by atoms with E-state index in [-0.39, 0.29) is 17.8 Å². The molecule has 1 aromatic carbocycles. The van der Waals surface area contributed by atoms with E-state index in [4.69, 9.17) is 13.9 Å². The Balaban J connectivity index is 1.81. The fourth-order valence-electron chi connectivity index (χ4n) is 3.20. The highest BCUT2D eigenvalue weighted by Gasteiger charge is 2.34. The second-order valence-electron chi connectivity index (χ2n) is 6.32. The Morgan fingerprint density at radius 2 is 2.00 bits per heavy atom. The number of methoxy groups -OCH3 is 1. The maximum absolute atomic E-state index is 13.0. The molecule has 0 spiro atoms. The smallest absolute Gasteiger partial charge is 0.310 e. The summed E-state index contributed by atoms with van der Waals surface area (Å²) in [7, 11) is 1.61. The second-order valence-corrected chi connectivity index (χ2v) is 6.32. The van der Waals surface area contributed by atoms with Gasteiger partial charge in [-0.15, -0.1) is 0 Å². The van der Waals surface area contributed by atoms with Gasteiger partial charge in [0.1, 0.15) is 17.3 Å². The monoisotopic (exact) mass is 357 g/mol. The van der Waals surface area contributed by atoms with Gasteiger partial charge in [-0.25, -0.2) is 0 Å². The molecule has 138 valence electrons. The van der Waals surface area contributed by atoms with Crippen LogP contribution in [0, 0.1) is 12.8 Å². The minimum absolute atomic E-state index is 0.125. The molecule has 2 heterocycles. The first kappa shape index (κ1) is 18.0. The van der Waals surface area contributed by atoms with Gasteiger partial charge in [-0.2, -0.15) is 0 Å². The van der Waals surface area contributed by atoms with E-state index in [1.807, 2.05) is 31.2 Å². The van der Waals surface area contributed by atoms with Crippen molar-refractivity contribution in [2.45, 2.75) is 20.3 Å². The molecule has 6 nitrogen and oxygen atoms in total. The van der Waals surface area contributed by atoms with Gasteiger partial charge in [-0.3, -0.25) is 9.59 Å². The van der Waals surface area contributed by atoms with Gasteiger partial charge in [0.25, 0.3) is 5.91 Å². The van der Waals surface area contributed by atoms with Crippen LogP contribution in [-0.2, 0) is 9.53 Å². The third-order valence-electron chi connectivity index (χ3n) is 4.53. The molecule has 26 heavy (non-hydrogen) atoms. The van der Waals surface area contributed by atoms with Crippen molar-refractivity contribution in [3.8, 4) is 17.1 Å². The van der Waals surface area contributed by atoms with Crippen molar-refractivity contribution < 1.29 is 23.5 Å². The highest BCUT2D eigenvalue weighted by atomic mass is 16.5. The van der Waals surface area contributed by atoms with Crippen molar-refractivity contribution in [1.82, 2.24) is 4.90 Å². The van der Waals surface area contributed by atoms with E-state index in [1.165, 1.54) is 0 Å². The molecule has 1 aliphatic rings. The molecule has 2 aromatic rings. The number of aryl methyl sites for hydroxylation is 1. The van der Waals surface area contributed by atoms with Crippen molar-refractivity contribution in [3.05, 3.63) is 41.7 Å². The van der Waals surface area contributed by atoms with Crippen LogP contribution in [0.3, 0.4) is 0 Å². The summed E-state index contributed by atoms with van der Waals surface area (Å²) in [4.78, 5) is 26.6. The topological polar surface area (TPSA) is 69.0 Å². The minimum atomic E-state index is -0.253. The van der Waals surface area contributed by atoms with Crippen molar-refractivity contribution in [3.63, 3.8) is 0 Å². The number of hydrogen-bond acceptors (Lipinski definition) is 5. The number of carbonyl (C=O) groups excluding carboxylic acids is 2. The Kier molecular flexibility index (Phi) is 5.30. The largest absolute Gasteiger partial charge is 0.497 e. The van der Waals surface area contributed by atoms with E-state index in [0.29, 0.717) is 43.2 Å². The van der Waals surface area contributed by atoms with Gasteiger partial charge in [0.15, 0.2) is 0 Å². The average molecular weight is 357 g/mol. The van der Waals surface area contributed by atoms with Gasteiger partial charge in [-0.1, -0.05) is 0 Å². The minimum Gasteiger partial charge on any atom is -0.497 e. The molecule has 1 saturated heterocycles. The standard InChI is InChI=1S/C20H23NO5/c1-4-25-20(23)15-9-10-21(12-15)19(22)17-11-13(2)26-18(17)14-5-7-16(24-3)8-6-14/h5-8,11,15H,4,9-10,12H2,1-3H3. The lowest BCUT2D eigenvalue weighted by Crippen LogP contribution is -2.30. The Hall–Kier alpha value is -2.76. The quantitative estimate of drug-likeness (QED) is 0.768. The number of hydrogen-bond donors (Lipinski definition) is 0. The van der Waals surface area contributed by atoms with Gasteiger partial charge in [0.05, 0.1) is 25.2 Å². The van der Waals surface area contributed by atoms with Gasteiger partial charge in [-0.05, 0) is 50.6 Å². The summed E-state index contributed by atoms with van der Waals surface area (Å²) in [6.07, 6.45) is 0.624. The van der Waals surface area contributed by atoms with E-state index >= 15 is 0 Å². The molecule has 1 fully saturated rings. The maximum atomic E-state index is 13.0. The van der Waals surface area contributed by atoms with E-state index in [9.17, 15) is 9.59 Å². The first-order valence-electron chi connectivity index (χ1n) is 8.74. The van der Waals surface area contributed by atoms with E-state index in [2.05, 4.69) is 0 Å². The number of rotatable bonds is 5. The number of carbonyl (C=O) groups is 2. The van der Waals surface area contributed by atoms with Crippen molar-refractivity contribution in [2.75, 3.05) is 26.8 Å². The van der Waals surface area contributed by atoms with Crippen LogP contribution < -0.4 is 4.74 Å². The Morgan fingerprint density at radius 3 is 2.65 bits per heavy atom. The van der Waals surface area contributed by atoms with Crippen LogP contribution in [0.2, 0.25) is 0 Å². The Labute approximate surface area is 152 Å². The molecule has 1 aromatic heterocycles. The molecule has 1 aliphatic heterocycles. The van der Waals surface area contributed by atoms with Crippen LogP contribution >= 0.6 is 0 Å². The van der Waals surface area contributed by atoms with Crippen LogP contribution in [0.1, 0.15) is 29.5 Å². The van der Waals surface area contributed by atoms with Gasteiger partial charge >= 0.3 is 5.97 Å². The summed E-state index contributed by atoms with van der Waals surface area (Å²) >= 11 is 0. The number of amides is 1. The van der Waals surface area contributed by atoms with Crippen LogP contribution in [0.25, 0.3) is 11.3 Å². The summed E-state index contributed by atoms with van der Waals surface area (Å²) in [5.74, 6) is 1.33. The lowest BCUT2D eigenvalue weighted by atomic mass is 10.1. The number of esters is 1. The second kappa shape index (κ2) is 7.64. The number of likely N-dealkylation sites (tertiary alicyclic amines) is 1. The van der Waals surface area contributed by atoms with Crippen LogP contribution in [-0.4, -0.2) is 43.6 Å². The number of benzene rings is 1. The molecule has 0 radical (unpaired) electrons. The van der Waals surface area contributed by atoms with Gasteiger partial charge in [0.2, 0.25) is 0 Å². The molecule has 0 aliphatic carbocycles. The van der Waals surface area contributed by atoms with Crippen LogP contribution in [0.5, 0.6) is 5.75 Å². The van der Waals surface area contributed by atoms with E-state index < -0.39 is 0 Å². The SMILES string of the molecule is CCOC(=O)C1CCN(C(=O)c2cc(C)oc2-c2ccc(OC)cc2)C1.